The van der Waals surface area contributed by atoms with Crippen molar-refractivity contribution in [3.8, 4) is 5.75 Å². The summed E-state index contributed by atoms with van der Waals surface area (Å²) in [6.07, 6.45) is 7.27. The fraction of sp³-hybridized carbons (Fsp3) is 0.667. The molecular weight excluding hydrogens is 248 g/mol. The van der Waals surface area contributed by atoms with Crippen LogP contribution in [0.25, 0.3) is 0 Å². The van der Waals surface area contributed by atoms with Gasteiger partial charge in [0.2, 0.25) is 0 Å². The predicted molar refractivity (Wildman–Crippen MR) is 82.9 cm³/mol. The van der Waals surface area contributed by atoms with E-state index in [0.717, 1.165) is 24.3 Å². The highest BCUT2D eigenvalue weighted by Crippen LogP contribution is 2.28. The van der Waals surface area contributed by atoms with E-state index >= 15 is 0 Å². The molecule has 1 aromatic rings. The lowest BCUT2D eigenvalue weighted by molar-refractivity contribution is 0.115. The molecule has 0 aromatic heterocycles. The molecule has 0 heterocycles. The summed E-state index contributed by atoms with van der Waals surface area (Å²) in [5.74, 6) is 1.89. The first-order valence-corrected chi connectivity index (χ1v) is 8.11. The van der Waals surface area contributed by atoms with Gasteiger partial charge in [0.1, 0.15) is 5.75 Å². The van der Waals surface area contributed by atoms with Gasteiger partial charge < -0.3 is 9.84 Å². The lowest BCUT2D eigenvalue weighted by Crippen LogP contribution is -2.15. The van der Waals surface area contributed by atoms with Gasteiger partial charge in [-0.15, -0.1) is 0 Å². The first-order chi connectivity index (χ1) is 9.70. The van der Waals surface area contributed by atoms with Gasteiger partial charge in [0.05, 0.1) is 12.7 Å². The smallest absolute Gasteiger partial charge is 0.119 e. The fourth-order valence-electron chi connectivity index (χ4n) is 2.91. The molecule has 20 heavy (non-hydrogen) atoms. The Labute approximate surface area is 123 Å². The second kappa shape index (κ2) is 7.68. The van der Waals surface area contributed by atoms with Crippen molar-refractivity contribution in [3.05, 3.63) is 29.8 Å². The van der Waals surface area contributed by atoms with E-state index in [4.69, 9.17) is 4.74 Å². The monoisotopic (exact) mass is 276 g/mol. The summed E-state index contributed by atoms with van der Waals surface area (Å²) in [5.41, 5.74) is 0.973. The molecule has 0 bridgehead atoms. The summed E-state index contributed by atoms with van der Waals surface area (Å²) in [7, 11) is 0. The Morgan fingerprint density at radius 1 is 1.25 bits per heavy atom. The van der Waals surface area contributed by atoms with Crippen molar-refractivity contribution < 1.29 is 9.84 Å². The lowest BCUT2D eigenvalue weighted by atomic mass is 9.90. The van der Waals surface area contributed by atoms with Crippen LogP contribution in [0.15, 0.2) is 24.3 Å². The minimum atomic E-state index is -0.391. The Bertz CT molecular complexity index is 396. The topological polar surface area (TPSA) is 29.5 Å². The molecule has 1 N–H and O–H groups in total. The van der Waals surface area contributed by atoms with Gasteiger partial charge in [-0.2, -0.15) is 0 Å². The van der Waals surface area contributed by atoms with Crippen molar-refractivity contribution in [1.29, 1.82) is 0 Å². The minimum Gasteiger partial charge on any atom is -0.493 e. The van der Waals surface area contributed by atoms with Crippen LogP contribution in [0.5, 0.6) is 5.75 Å². The van der Waals surface area contributed by atoms with Crippen LogP contribution in [0.2, 0.25) is 0 Å². The van der Waals surface area contributed by atoms with E-state index < -0.39 is 6.10 Å². The van der Waals surface area contributed by atoms with Gasteiger partial charge >= 0.3 is 0 Å². The number of aliphatic hydroxyl groups excluding tert-OH is 1. The zero-order valence-corrected chi connectivity index (χ0v) is 12.8. The van der Waals surface area contributed by atoms with Crippen LogP contribution >= 0.6 is 0 Å². The molecule has 2 rings (SSSR count). The highest BCUT2D eigenvalue weighted by Gasteiger charge is 2.16. The first kappa shape index (κ1) is 15.4. The molecule has 1 saturated carbocycles. The van der Waals surface area contributed by atoms with Gasteiger partial charge in [-0.1, -0.05) is 51.7 Å². The zero-order chi connectivity index (χ0) is 14.4. The third kappa shape index (κ3) is 4.24. The van der Waals surface area contributed by atoms with Crippen molar-refractivity contribution in [2.24, 2.45) is 11.8 Å². The highest BCUT2D eigenvalue weighted by atomic mass is 16.5. The Balaban J connectivity index is 1.91. The highest BCUT2D eigenvalue weighted by molar-refractivity contribution is 5.30. The summed E-state index contributed by atoms with van der Waals surface area (Å²) in [6, 6.07) is 7.97. The Morgan fingerprint density at radius 3 is 2.70 bits per heavy atom. The molecule has 1 fully saturated rings. The quantitative estimate of drug-likeness (QED) is 0.814. The standard InChI is InChI=1S/C18H28O2/c1-3-14(2)18(19)16-10-7-11-17(12-16)20-13-15-8-5-4-6-9-15/h7,10-12,14-15,18-19H,3-6,8-9,13H2,1-2H3/t14-,18+/m1/s1. The van der Waals surface area contributed by atoms with Gasteiger partial charge in [0.15, 0.2) is 0 Å². The Morgan fingerprint density at radius 2 is 2.00 bits per heavy atom. The summed E-state index contributed by atoms with van der Waals surface area (Å²) >= 11 is 0. The maximum absolute atomic E-state index is 10.3. The van der Waals surface area contributed by atoms with E-state index in [9.17, 15) is 5.11 Å². The van der Waals surface area contributed by atoms with E-state index in [1.54, 1.807) is 0 Å². The lowest BCUT2D eigenvalue weighted by Gasteiger charge is -2.22. The number of hydrogen-bond acceptors (Lipinski definition) is 2. The summed E-state index contributed by atoms with van der Waals surface area (Å²) in [6.45, 7) is 5.01. The van der Waals surface area contributed by atoms with Crippen LogP contribution in [0.1, 0.15) is 64.0 Å². The van der Waals surface area contributed by atoms with Gasteiger partial charge in [0.25, 0.3) is 0 Å². The molecule has 0 amide bonds. The van der Waals surface area contributed by atoms with Crippen LogP contribution in [-0.2, 0) is 0 Å². The average Bonchev–Trinajstić information content (AvgIpc) is 2.52. The molecule has 2 atom stereocenters. The molecule has 112 valence electrons. The van der Waals surface area contributed by atoms with Crippen molar-refractivity contribution in [2.75, 3.05) is 6.61 Å². The number of hydrogen-bond donors (Lipinski definition) is 1. The molecule has 1 aliphatic rings. The minimum absolute atomic E-state index is 0.281. The number of rotatable bonds is 6. The third-order valence-electron chi connectivity index (χ3n) is 4.59. The van der Waals surface area contributed by atoms with Crippen LogP contribution in [0.4, 0.5) is 0 Å². The molecule has 0 unspecified atom stereocenters. The molecule has 2 heteroatoms. The third-order valence-corrected chi connectivity index (χ3v) is 4.59. The van der Waals surface area contributed by atoms with Gasteiger partial charge in [-0.25, -0.2) is 0 Å². The maximum Gasteiger partial charge on any atom is 0.119 e. The zero-order valence-electron chi connectivity index (χ0n) is 12.8. The predicted octanol–water partition coefficient (Wildman–Crippen LogP) is 4.73. The second-order valence-corrected chi connectivity index (χ2v) is 6.22. The van der Waals surface area contributed by atoms with Crippen molar-refractivity contribution in [3.63, 3.8) is 0 Å². The van der Waals surface area contributed by atoms with Crippen LogP contribution in [0, 0.1) is 11.8 Å². The number of ether oxygens (including phenoxy) is 1. The normalized spacial score (nSPS) is 19.6. The summed E-state index contributed by atoms with van der Waals surface area (Å²) < 4.78 is 5.94. The van der Waals surface area contributed by atoms with E-state index in [2.05, 4.69) is 13.8 Å². The molecule has 0 saturated heterocycles. The van der Waals surface area contributed by atoms with Crippen LogP contribution in [-0.4, -0.2) is 11.7 Å². The summed E-state index contributed by atoms with van der Waals surface area (Å²) in [5, 5.41) is 10.3. The van der Waals surface area contributed by atoms with E-state index in [0.29, 0.717) is 5.92 Å². The van der Waals surface area contributed by atoms with Gasteiger partial charge in [0, 0.05) is 0 Å². The fourth-order valence-corrected chi connectivity index (χ4v) is 2.91. The first-order valence-electron chi connectivity index (χ1n) is 8.11. The maximum atomic E-state index is 10.3. The molecule has 2 nitrogen and oxygen atoms in total. The second-order valence-electron chi connectivity index (χ2n) is 6.22. The number of aliphatic hydroxyl groups is 1. The van der Waals surface area contributed by atoms with Crippen molar-refractivity contribution in [2.45, 2.75) is 58.5 Å². The van der Waals surface area contributed by atoms with E-state index in [1.165, 1.54) is 32.1 Å². The van der Waals surface area contributed by atoms with E-state index in [-0.39, 0.29) is 5.92 Å². The largest absolute Gasteiger partial charge is 0.493 e. The molecular formula is C18H28O2. The van der Waals surface area contributed by atoms with E-state index in [1.807, 2.05) is 24.3 Å². The Hall–Kier alpha value is -1.02. The van der Waals surface area contributed by atoms with Gasteiger partial charge in [-0.3, -0.25) is 0 Å². The van der Waals surface area contributed by atoms with Gasteiger partial charge in [-0.05, 0) is 42.4 Å². The molecule has 0 aliphatic heterocycles. The molecule has 1 aromatic carbocycles. The molecule has 0 spiro atoms. The van der Waals surface area contributed by atoms with Crippen LogP contribution in [0.3, 0.4) is 0 Å². The SMILES string of the molecule is CC[C@@H](C)[C@H](O)c1cccc(OCC2CCCCC2)c1. The molecule has 1 aliphatic carbocycles. The Kier molecular flexibility index (Phi) is 5.90. The number of benzene rings is 1. The van der Waals surface area contributed by atoms with Crippen molar-refractivity contribution in [1.82, 2.24) is 0 Å². The van der Waals surface area contributed by atoms with Crippen molar-refractivity contribution >= 4 is 0 Å². The molecule has 0 radical (unpaired) electrons. The summed E-state index contributed by atoms with van der Waals surface area (Å²) in [4.78, 5) is 0. The van der Waals surface area contributed by atoms with Crippen LogP contribution < -0.4 is 4.74 Å². The average molecular weight is 276 g/mol.